The molecule has 1 saturated heterocycles. The lowest BCUT2D eigenvalue weighted by Crippen LogP contribution is -2.54. The molecular weight excluding hydrogens is 320 g/mol. The summed E-state index contributed by atoms with van der Waals surface area (Å²) in [4.78, 5) is 25.8. The Kier molecular flexibility index (Phi) is 5.02. The third kappa shape index (κ3) is 3.65. The van der Waals surface area contributed by atoms with Crippen LogP contribution in [-0.4, -0.2) is 51.4 Å². The van der Waals surface area contributed by atoms with Crippen molar-refractivity contribution >= 4 is 12.0 Å². The van der Waals surface area contributed by atoms with Gasteiger partial charge in [-0.2, -0.15) is 5.10 Å². The zero-order valence-corrected chi connectivity index (χ0v) is 14.0. The van der Waals surface area contributed by atoms with E-state index in [1.165, 1.54) is 10.2 Å². The van der Waals surface area contributed by atoms with Crippen molar-refractivity contribution in [3.63, 3.8) is 0 Å². The van der Waals surface area contributed by atoms with E-state index in [2.05, 4.69) is 10.4 Å². The molecule has 132 valence electrons. The molecule has 1 aromatic carbocycles. The highest BCUT2D eigenvalue weighted by atomic mass is 16.4. The maximum Gasteiger partial charge on any atom is 0.331 e. The number of nitrogens with one attached hydrogen (secondary N) is 1. The lowest BCUT2D eigenvalue weighted by molar-refractivity contribution is -0.150. The molecule has 0 saturated carbocycles. The summed E-state index contributed by atoms with van der Waals surface area (Å²) in [5.41, 5.74) is 0.106. The van der Waals surface area contributed by atoms with Crippen LogP contribution in [0.25, 0.3) is 0 Å². The number of rotatable bonds is 5. The summed E-state index contributed by atoms with van der Waals surface area (Å²) in [7, 11) is 0. The van der Waals surface area contributed by atoms with E-state index in [1.54, 1.807) is 23.4 Å². The van der Waals surface area contributed by atoms with E-state index in [0.717, 1.165) is 6.42 Å². The molecule has 0 spiro atoms. The van der Waals surface area contributed by atoms with Crippen molar-refractivity contribution in [1.82, 2.24) is 20.0 Å². The van der Waals surface area contributed by atoms with E-state index < -0.39 is 11.5 Å². The molecule has 0 atom stereocenters. The van der Waals surface area contributed by atoms with Crippen LogP contribution in [0.1, 0.15) is 18.4 Å². The van der Waals surface area contributed by atoms with Crippen LogP contribution in [0.5, 0.6) is 0 Å². The molecule has 25 heavy (non-hydrogen) atoms. The molecule has 0 aliphatic carbocycles. The summed E-state index contributed by atoms with van der Waals surface area (Å²) >= 11 is 0. The van der Waals surface area contributed by atoms with Crippen molar-refractivity contribution in [2.45, 2.75) is 24.8 Å². The largest absolute Gasteiger partial charge is 0.479 e. The summed E-state index contributed by atoms with van der Waals surface area (Å²) in [6.45, 7) is 1.34. The fraction of sp³-hybridized carbons (Fsp3) is 0.389. The monoisotopic (exact) mass is 342 g/mol. The predicted octanol–water partition coefficient (Wildman–Crippen LogP) is 1.71. The Morgan fingerprint density at radius 2 is 1.88 bits per heavy atom. The van der Waals surface area contributed by atoms with Gasteiger partial charge in [0.1, 0.15) is 0 Å². The van der Waals surface area contributed by atoms with Crippen LogP contribution in [0, 0.1) is 0 Å². The number of nitrogens with zero attached hydrogens (tertiary/aromatic N) is 3. The highest BCUT2D eigenvalue weighted by Gasteiger charge is 2.44. The summed E-state index contributed by atoms with van der Waals surface area (Å²) in [5.74, 6) is -0.902. The van der Waals surface area contributed by atoms with Gasteiger partial charge >= 0.3 is 12.0 Å². The second-order valence-corrected chi connectivity index (χ2v) is 6.24. The number of carbonyl (C=O) groups is 2. The fourth-order valence-electron chi connectivity index (χ4n) is 3.21. The molecule has 0 bridgehead atoms. The van der Waals surface area contributed by atoms with E-state index in [-0.39, 0.29) is 6.03 Å². The number of carboxylic acid groups (broad SMARTS) is 1. The van der Waals surface area contributed by atoms with Crippen molar-refractivity contribution in [1.29, 1.82) is 0 Å². The van der Waals surface area contributed by atoms with E-state index in [0.29, 0.717) is 32.5 Å². The van der Waals surface area contributed by atoms with Crippen molar-refractivity contribution in [3.8, 4) is 0 Å². The average molecular weight is 342 g/mol. The van der Waals surface area contributed by atoms with E-state index in [9.17, 15) is 14.7 Å². The predicted molar refractivity (Wildman–Crippen MR) is 92.2 cm³/mol. The highest BCUT2D eigenvalue weighted by Crippen LogP contribution is 2.30. The number of hydrogen-bond acceptors (Lipinski definition) is 3. The number of hydrogen-bond donors (Lipinski definition) is 2. The standard InChI is InChI=1S/C18H22N4O3/c23-16(24)18(22-12-4-10-20-22)8-13-21(14-9-18)17(25)19-11-7-15-5-2-1-3-6-15/h1-6,10,12H,7-9,11,13-14H2,(H,19,25)(H,23,24). The van der Waals surface area contributed by atoms with Crippen molar-refractivity contribution in [3.05, 3.63) is 54.4 Å². The van der Waals surface area contributed by atoms with Crippen molar-refractivity contribution in [2.24, 2.45) is 0 Å². The van der Waals surface area contributed by atoms with Gasteiger partial charge in [0.25, 0.3) is 0 Å². The summed E-state index contributed by atoms with van der Waals surface area (Å²) in [6, 6.07) is 11.5. The molecule has 0 radical (unpaired) electrons. The van der Waals surface area contributed by atoms with Gasteiger partial charge in [-0.15, -0.1) is 0 Å². The number of amides is 2. The first-order chi connectivity index (χ1) is 12.1. The number of carboxylic acids is 1. The second kappa shape index (κ2) is 7.38. The third-order valence-corrected chi connectivity index (χ3v) is 4.75. The SMILES string of the molecule is O=C(NCCc1ccccc1)N1CCC(C(=O)O)(n2cccn2)CC1. The highest BCUT2D eigenvalue weighted by molar-refractivity contribution is 5.78. The molecule has 1 fully saturated rings. The van der Waals surface area contributed by atoms with Crippen LogP contribution in [0.15, 0.2) is 48.8 Å². The van der Waals surface area contributed by atoms with Gasteiger partial charge in [-0.25, -0.2) is 9.59 Å². The lowest BCUT2D eigenvalue weighted by atomic mass is 9.88. The van der Waals surface area contributed by atoms with Crippen LogP contribution in [0.2, 0.25) is 0 Å². The van der Waals surface area contributed by atoms with E-state index in [4.69, 9.17) is 0 Å². The number of urea groups is 1. The Bertz CT molecular complexity index is 707. The molecule has 1 aliphatic heterocycles. The molecule has 7 heteroatoms. The third-order valence-electron chi connectivity index (χ3n) is 4.75. The second-order valence-electron chi connectivity index (χ2n) is 6.24. The minimum absolute atomic E-state index is 0.143. The first-order valence-corrected chi connectivity index (χ1v) is 8.42. The number of aliphatic carboxylic acids is 1. The number of piperidine rings is 1. The smallest absolute Gasteiger partial charge is 0.331 e. The minimum Gasteiger partial charge on any atom is -0.479 e. The average Bonchev–Trinajstić information content (AvgIpc) is 3.17. The lowest BCUT2D eigenvalue weighted by Gasteiger charge is -2.38. The van der Waals surface area contributed by atoms with Crippen LogP contribution in [-0.2, 0) is 16.8 Å². The Balaban J connectivity index is 1.53. The van der Waals surface area contributed by atoms with Gasteiger partial charge in [-0.1, -0.05) is 30.3 Å². The number of aromatic nitrogens is 2. The van der Waals surface area contributed by atoms with Crippen molar-refractivity contribution < 1.29 is 14.7 Å². The zero-order valence-electron chi connectivity index (χ0n) is 14.0. The molecule has 1 aromatic heterocycles. The number of carbonyl (C=O) groups excluding carboxylic acids is 1. The Morgan fingerprint density at radius 1 is 1.16 bits per heavy atom. The normalized spacial score (nSPS) is 16.4. The van der Waals surface area contributed by atoms with Crippen molar-refractivity contribution in [2.75, 3.05) is 19.6 Å². The maximum atomic E-state index is 12.3. The van der Waals surface area contributed by atoms with Crippen LogP contribution >= 0.6 is 0 Å². The molecule has 7 nitrogen and oxygen atoms in total. The topological polar surface area (TPSA) is 87.5 Å². The number of benzene rings is 1. The molecule has 2 N–H and O–H groups in total. The Morgan fingerprint density at radius 3 is 2.48 bits per heavy atom. The molecule has 3 rings (SSSR count). The first-order valence-electron chi connectivity index (χ1n) is 8.42. The molecule has 1 aliphatic rings. The molecular formula is C18H22N4O3. The van der Waals surface area contributed by atoms with Gasteiger partial charge < -0.3 is 15.3 Å². The molecule has 2 heterocycles. The molecule has 2 aromatic rings. The van der Waals surface area contributed by atoms with Gasteiger partial charge in [-0.05, 0) is 18.1 Å². The fourth-order valence-corrected chi connectivity index (χ4v) is 3.21. The van der Waals surface area contributed by atoms with Gasteiger partial charge in [-0.3, -0.25) is 4.68 Å². The van der Waals surface area contributed by atoms with Crippen LogP contribution in [0.4, 0.5) is 4.79 Å². The summed E-state index contributed by atoms with van der Waals surface area (Å²) in [6.07, 6.45) is 4.70. The van der Waals surface area contributed by atoms with Gasteiger partial charge in [0.2, 0.25) is 0 Å². The quantitative estimate of drug-likeness (QED) is 0.866. The maximum absolute atomic E-state index is 12.3. The summed E-state index contributed by atoms with van der Waals surface area (Å²) in [5, 5.41) is 16.7. The van der Waals surface area contributed by atoms with Crippen LogP contribution in [0.3, 0.4) is 0 Å². The van der Waals surface area contributed by atoms with Gasteiger partial charge in [0.15, 0.2) is 5.54 Å². The minimum atomic E-state index is -1.07. The Hall–Kier alpha value is -2.83. The van der Waals surface area contributed by atoms with E-state index in [1.807, 2.05) is 30.3 Å². The van der Waals surface area contributed by atoms with Crippen LogP contribution < -0.4 is 5.32 Å². The Labute approximate surface area is 146 Å². The number of likely N-dealkylation sites (tertiary alicyclic amines) is 1. The van der Waals surface area contributed by atoms with Gasteiger partial charge in [0.05, 0.1) is 0 Å². The zero-order chi connectivity index (χ0) is 17.7. The van der Waals surface area contributed by atoms with E-state index >= 15 is 0 Å². The molecule has 2 amide bonds. The summed E-state index contributed by atoms with van der Waals surface area (Å²) < 4.78 is 1.50. The molecule has 0 unspecified atom stereocenters. The first kappa shape index (κ1) is 17.0. The van der Waals surface area contributed by atoms with Gasteiger partial charge in [0, 0.05) is 44.9 Å².